The molecule has 0 spiro atoms. The molecule has 4 heteroatoms. The first-order valence-electron chi connectivity index (χ1n) is 17.0. The molecular weight excluding hydrogens is 611 g/mol. The molecule has 1 unspecified atom stereocenters. The van der Waals surface area contributed by atoms with Crippen LogP contribution in [0.25, 0.3) is 33.0 Å². The number of benzene rings is 7. The topological polar surface area (TPSA) is 57.4 Å². The molecule has 7 aromatic carbocycles. The van der Waals surface area contributed by atoms with Crippen LogP contribution in [0.3, 0.4) is 0 Å². The summed E-state index contributed by atoms with van der Waals surface area (Å²) >= 11 is 0. The monoisotopic (exact) mass is 643 g/mol. The normalized spacial score (nSPS) is 15.4. The van der Waals surface area contributed by atoms with E-state index in [4.69, 9.17) is 9.73 Å². The largest absolute Gasteiger partial charge is 0.457 e. The summed E-state index contributed by atoms with van der Waals surface area (Å²) in [5, 5.41) is 16.3. The van der Waals surface area contributed by atoms with Crippen molar-refractivity contribution in [2.45, 2.75) is 25.3 Å². The number of ether oxygens (including phenoxy) is 1. The molecule has 0 radical (unpaired) electrons. The van der Waals surface area contributed by atoms with Gasteiger partial charge in [-0.05, 0) is 75.0 Å². The number of nitrogens with one attached hydrogen (secondary N) is 1. The summed E-state index contributed by atoms with van der Waals surface area (Å²) in [6, 6.07) is 55.1. The van der Waals surface area contributed by atoms with Crippen molar-refractivity contribution in [1.29, 1.82) is 5.26 Å². The predicted octanol–water partition coefficient (Wildman–Crippen LogP) is 11.4. The average molecular weight is 644 g/mol. The van der Waals surface area contributed by atoms with E-state index in [9.17, 15) is 5.26 Å². The van der Waals surface area contributed by atoms with Crippen molar-refractivity contribution in [3.05, 3.63) is 185 Å². The molecule has 0 aromatic heterocycles. The number of anilines is 1. The lowest BCUT2D eigenvalue weighted by Gasteiger charge is -2.35. The number of hydrogen-bond acceptors (Lipinski definition) is 4. The Kier molecular flexibility index (Phi) is 6.89. The standard InChI is InChI=1S/C46H33N3O/c1-46(2)39-15-6-8-17-41(39)50-42-27-36(26-37(28-47)43(42)46)34-13-9-12-33(24-34)30-18-21-31(22-19-30)44-38-14-5-7-16-40(38)48-45(49-44)35-23-20-29-10-3-4-11-32(29)25-35/h3-27,44H,1-2H3,(H,48,49). The van der Waals surface area contributed by atoms with Gasteiger partial charge in [0.25, 0.3) is 0 Å². The van der Waals surface area contributed by atoms with E-state index in [1.807, 2.05) is 24.3 Å². The third kappa shape index (κ3) is 4.95. The maximum Gasteiger partial charge on any atom is 0.133 e. The van der Waals surface area contributed by atoms with Gasteiger partial charge in [-0.3, -0.25) is 4.99 Å². The molecule has 238 valence electrons. The third-order valence-corrected chi connectivity index (χ3v) is 10.2. The fraction of sp³-hybridized carbons (Fsp3) is 0.0870. The van der Waals surface area contributed by atoms with Crippen molar-refractivity contribution in [3.63, 3.8) is 0 Å². The first-order valence-corrected chi connectivity index (χ1v) is 17.0. The van der Waals surface area contributed by atoms with Crippen molar-refractivity contribution in [1.82, 2.24) is 0 Å². The van der Waals surface area contributed by atoms with Gasteiger partial charge < -0.3 is 10.1 Å². The van der Waals surface area contributed by atoms with Gasteiger partial charge in [0.1, 0.15) is 23.4 Å². The number of fused-ring (bicyclic) bond motifs is 4. The van der Waals surface area contributed by atoms with E-state index in [1.165, 1.54) is 10.8 Å². The van der Waals surface area contributed by atoms with E-state index in [0.717, 1.165) is 73.1 Å². The molecule has 9 rings (SSSR count). The minimum Gasteiger partial charge on any atom is -0.457 e. The Labute approximate surface area is 292 Å². The Morgan fingerprint density at radius 2 is 1.34 bits per heavy atom. The fourth-order valence-corrected chi connectivity index (χ4v) is 7.60. The van der Waals surface area contributed by atoms with Crippen LogP contribution >= 0.6 is 0 Å². The molecule has 0 amide bonds. The molecule has 1 N–H and O–H groups in total. The quantitative estimate of drug-likeness (QED) is 0.208. The number of hydrogen-bond donors (Lipinski definition) is 1. The summed E-state index contributed by atoms with van der Waals surface area (Å²) in [7, 11) is 0. The summed E-state index contributed by atoms with van der Waals surface area (Å²) in [5.41, 5.74) is 10.9. The Bertz CT molecular complexity index is 2540. The molecule has 0 aliphatic carbocycles. The first-order chi connectivity index (χ1) is 24.5. The Hall–Kier alpha value is -6.44. The SMILES string of the molecule is CC1(C)c2ccccc2Oc2cc(-c3cccc(-c4ccc(C5N=C(c6ccc7ccccc7c6)Nc6ccccc65)cc4)c3)cc(C#N)c21. The van der Waals surface area contributed by atoms with Crippen LogP contribution in [0, 0.1) is 11.3 Å². The van der Waals surface area contributed by atoms with E-state index in [2.05, 4.69) is 153 Å². The highest BCUT2D eigenvalue weighted by Gasteiger charge is 2.36. The van der Waals surface area contributed by atoms with Gasteiger partial charge in [-0.15, -0.1) is 0 Å². The van der Waals surface area contributed by atoms with Crippen LogP contribution in [0.1, 0.15) is 53.3 Å². The van der Waals surface area contributed by atoms with Crippen molar-refractivity contribution in [2.24, 2.45) is 4.99 Å². The van der Waals surface area contributed by atoms with E-state index in [0.29, 0.717) is 5.56 Å². The van der Waals surface area contributed by atoms with Crippen LogP contribution in [0.2, 0.25) is 0 Å². The van der Waals surface area contributed by atoms with Crippen molar-refractivity contribution >= 4 is 22.3 Å². The van der Waals surface area contributed by atoms with Gasteiger partial charge in [0.2, 0.25) is 0 Å². The number of aliphatic imine (C=N–C) groups is 1. The van der Waals surface area contributed by atoms with E-state index in [-0.39, 0.29) is 11.5 Å². The smallest absolute Gasteiger partial charge is 0.133 e. The first kappa shape index (κ1) is 29.7. The Morgan fingerprint density at radius 1 is 0.620 bits per heavy atom. The minimum absolute atomic E-state index is 0.136. The fourth-order valence-electron chi connectivity index (χ4n) is 7.60. The van der Waals surface area contributed by atoms with Crippen LogP contribution in [0.15, 0.2) is 157 Å². The van der Waals surface area contributed by atoms with Gasteiger partial charge in [0, 0.05) is 33.4 Å². The van der Waals surface area contributed by atoms with Gasteiger partial charge >= 0.3 is 0 Å². The number of amidine groups is 1. The van der Waals surface area contributed by atoms with Crippen LogP contribution < -0.4 is 10.1 Å². The van der Waals surface area contributed by atoms with Gasteiger partial charge in [0.15, 0.2) is 0 Å². The van der Waals surface area contributed by atoms with E-state index >= 15 is 0 Å². The minimum atomic E-state index is -0.355. The zero-order valence-electron chi connectivity index (χ0n) is 27.8. The second kappa shape index (κ2) is 11.6. The van der Waals surface area contributed by atoms with Crippen molar-refractivity contribution < 1.29 is 4.74 Å². The summed E-state index contributed by atoms with van der Waals surface area (Å²) in [4.78, 5) is 5.27. The van der Waals surface area contributed by atoms with Crippen LogP contribution in [0.5, 0.6) is 11.5 Å². The third-order valence-electron chi connectivity index (χ3n) is 10.2. The molecule has 0 fully saturated rings. The zero-order chi connectivity index (χ0) is 33.8. The molecule has 0 saturated carbocycles. The zero-order valence-corrected chi connectivity index (χ0v) is 27.8. The Balaban J connectivity index is 1.05. The summed E-state index contributed by atoms with van der Waals surface area (Å²) in [5.74, 6) is 2.45. The second-order valence-electron chi connectivity index (χ2n) is 13.6. The van der Waals surface area contributed by atoms with Gasteiger partial charge in [-0.1, -0.05) is 129 Å². The molecule has 0 saturated heterocycles. The summed E-state index contributed by atoms with van der Waals surface area (Å²) in [6.07, 6.45) is 0. The second-order valence-corrected chi connectivity index (χ2v) is 13.6. The molecule has 2 heterocycles. The summed E-state index contributed by atoms with van der Waals surface area (Å²) in [6.45, 7) is 4.33. The lowest BCUT2D eigenvalue weighted by atomic mass is 9.73. The highest BCUT2D eigenvalue weighted by molar-refractivity contribution is 6.11. The average Bonchev–Trinajstić information content (AvgIpc) is 3.17. The molecule has 2 aliphatic heterocycles. The summed E-state index contributed by atoms with van der Waals surface area (Å²) < 4.78 is 6.42. The number of rotatable bonds is 4. The Morgan fingerprint density at radius 3 is 2.18 bits per heavy atom. The van der Waals surface area contributed by atoms with Gasteiger partial charge in [0.05, 0.1) is 11.6 Å². The van der Waals surface area contributed by atoms with Crippen molar-refractivity contribution in [3.8, 4) is 39.8 Å². The molecular formula is C46H33N3O. The molecule has 2 aliphatic rings. The van der Waals surface area contributed by atoms with Crippen LogP contribution in [-0.2, 0) is 5.41 Å². The molecule has 50 heavy (non-hydrogen) atoms. The maximum absolute atomic E-state index is 10.3. The van der Waals surface area contributed by atoms with Gasteiger partial charge in [-0.25, -0.2) is 0 Å². The van der Waals surface area contributed by atoms with Crippen molar-refractivity contribution in [2.75, 3.05) is 5.32 Å². The van der Waals surface area contributed by atoms with Crippen LogP contribution in [0.4, 0.5) is 5.69 Å². The molecule has 1 atom stereocenters. The number of nitrogens with zero attached hydrogens (tertiary/aromatic N) is 2. The highest BCUT2D eigenvalue weighted by atomic mass is 16.5. The van der Waals surface area contributed by atoms with E-state index < -0.39 is 0 Å². The molecule has 4 nitrogen and oxygen atoms in total. The lowest BCUT2D eigenvalue weighted by Crippen LogP contribution is -2.25. The number of para-hydroxylation sites is 2. The lowest BCUT2D eigenvalue weighted by molar-refractivity contribution is 0.417. The highest BCUT2D eigenvalue weighted by Crippen LogP contribution is 2.50. The molecule has 0 bridgehead atoms. The predicted molar refractivity (Wildman–Crippen MR) is 203 cm³/mol. The maximum atomic E-state index is 10.3. The number of nitriles is 1. The molecule has 7 aromatic rings. The van der Waals surface area contributed by atoms with Crippen LogP contribution in [-0.4, -0.2) is 5.84 Å². The van der Waals surface area contributed by atoms with Gasteiger partial charge in [-0.2, -0.15) is 5.26 Å². The van der Waals surface area contributed by atoms with E-state index in [1.54, 1.807) is 0 Å².